The van der Waals surface area contributed by atoms with Crippen molar-refractivity contribution >= 4 is 0 Å². The van der Waals surface area contributed by atoms with Gasteiger partial charge in [0, 0.05) is 11.5 Å². The van der Waals surface area contributed by atoms with Gasteiger partial charge in [0.15, 0.2) is 0 Å². The van der Waals surface area contributed by atoms with Crippen LogP contribution in [0.2, 0.25) is 0 Å². The van der Waals surface area contributed by atoms with Crippen LogP contribution in [0, 0.1) is 0 Å². The monoisotopic (exact) mass is 326 g/mol. The minimum Gasteiger partial charge on any atom is -0.490 e. The second-order valence-corrected chi connectivity index (χ2v) is 7.19. The Hall–Kier alpha value is -1.84. The van der Waals surface area contributed by atoms with E-state index in [2.05, 4.69) is 10.1 Å². The highest BCUT2D eigenvalue weighted by atomic mass is 16.5. The van der Waals surface area contributed by atoms with Crippen molar-refractivity contribution < 1.29 is 9.26 Å². The maximum Gasteiger partial charge on any atom is 0.230 e. The number of ether oxygens (including phenoxy) is 1. The van der Waals surface area contributed by atoms with Gasteiger partial charge in [0.05, 0.1) is 6.10 Å². The van der Waals surface area contributed by atoms with Crippen LogP contribution in [0.15, 0.2) is 28.8 Å². The molecule has 0 bridgehead atoms. The molecule has 0 spiro atoms. The molecule has 2 saturated carbocycles. The predicted molar refractivity (Wildman–Crippen MR) is 93.1 cm³/mol. The number of aromatic nitrogens is 2. The summed E-state index contributed by atoms with van der Waals surface area (Å²) in [6.07, 6.45) is 12.9. The zero-order valence-electron chi connectivity index (χ0n) is 14.2. The van der Waals surface area contributed by atoms with E-state index >= 15 is 0 Å². The Balaban J connectivity index is 1.41. The lowest BCUT2D eigenvalue weighted by Crippen LogP contribution is -2.19. The van der Waals surface area contributed by atoms with E-state index < -0.39 is 0 Å². The normalized spacial score (nSPS) is 20.2. The van der Waals surface area contributed by atoms with Crippen LogP contribution in [0.1, 0.15) is 76.0 Å². The van der Waals surface area contributed by atoms with Crippen LogP contribution in [0.3, 0.4) is 0 Å². The third-order valence-corrected chi connectivity index (χ3v) is 5.36. The summed E-state index contributed by atoms with van der Waals surface area (Å²) in [5.41, 5.74) is 0.997. The maximum absolute atomic E-state index is 6.08. The fourth-order valence-electron chi connectivity index (χ4n) is 3.93. The highest BCUT2D eigenvalue weighted by molar-refractivity contribution is 5.55. The first kappa shape index (κ1) is 15.7. The average molecular weight is 326 g/mol. The van der Waals surface area contributed by atoms with E-state index in [-0.39, 0.29) is 0 Å². The first-order valence-corrected chi connectivity index (χ1v) is 9.49. The summed E-state index contributed by atoms with van der Waals surface area (Å²) >= 11 is 0. The van der Waals surface area contributed by atoms with Crippen LogP contribution in [-0.4, -0.2) is 16.2 Å². The molecule has 2 aromatic rings. The fourth-order valence-corrected chi connectivity index (χ4v) is 3.93. The summed E-state index contributed by atoms with van der Waals surface area (Å²) in [6, 6.07) is 8.13. The molecule has 4 nitrogen and oxygen atoms in total. The van der Waals surface area contributed by atoms with E-state index in [0.717, 1.165) is 17.2 Å². The summed E-state index contributed by atoms with van der Waals surface area (Å²) in [4.78, 5) is 4.63. The van der Waals surface area contributed by atoms with E-state index in [1.807, 2.05) is 24.3 Å². The van der Waals surface area contributed by atoms with Crippen molar-refractivity contribution in [1.29, 1.82) is 0 Å². The van der Waals surface area contributed by atoms with Gasteiger partial charge in [-0.2, -0.15) is 4.98 Å². The van der Waals surface area contributed by atoms with Crippen LogP contribution in [0.5, 0.6) is 5.75 Å². The summed E-state index contributed by atoms with van der Waals surface area (Å²) in [5, 5.41) is 4.18. The van der Waals surface area contributed by atoms with Crippen molar-refractivity contribution in [2.45, 2.75) is 76.2 Å². The predicted octanol–water partition coefficient (Wildman–Crippen LogP) is 5.50. The van der Waals surface area contributed by atoms with Gasteiger partial charge in [-0.1, -0.05) is 30.8 Å². The highest BCUT2D eigenvalue weighted by Crippen LogP contribution is 2.33. The quantitative estimate of drug-likeness (QED) is 0.744. The summed E-state index contributed by atoms with van der Waals surface area (Å²) in [5.74, 6) is 2.91. The summed E-state index contributed by atoms with van der Waals surface area (Å²) in [7, 11) is 0. The van der Waals surface area contributed by atoms with Gasteiger partial charge >= 0.3 is 0 Å². The molecule has 128 valence electrons. The molecule has 1 aromatic carbocycles. The largest absolute Gasteiger partial charge is 0.490 e. The van der Waals surface area contributed by atoms with E-state index in [9.17, 15) is 0 Å². The van der Waals surface area contributed by atoms with Gasteiger partial charge in [-0.05, 0) is 62.8 Å². The molecular formula is C20H26N2O2. The second kappa shape index (κ2) is 7.37. The van der Waals surface area contributed by atoms with Crippen molar-refractivity contribution in [3.05, 3.63) is 30.2 Å². The SMILES string of the molecule is c1cc(-c2noc(C3CCCCC3)n2)ccc1OC1CCCCC1. The molecule has 0 saturated heterocycles. The molecule has 0 radical (unpaired) electrons. The number of hydrogen-bond acceptors (Lipinski definition) is 4. The lowest BCUT2D eigenvalue weighted by molar-refractivity contribution is 0.155. The average Bonchev–Trinajstić information content (AvgIpc) is 3.14. The fraction of sp³-hybridized carbons (Fsp3) is 0.600. The molecule has 4 heteroatoms. The molecular weight excluding hydrogens is 300 g/mol. The first-order valence-electron chi connectivity index (χ1n) is 9.49. The van der Waals surface area contributed by atoms with Gasteiger partial charge < -0.3 is 9.26 Å². The minimum absolute atomic E-state index is 0.382. The maximum atomic E-state index is 6.08. The standard InChI is InChI=1S/C20H26N2O2/c1-3-7-16(8-4-1)20-21-19(22-24-20)15-11-13-18(14-12-15)23-17-9-5-2-6-10-17/h11-14,16-17H,1-10H2. The molecule has 4 rings (SSSR count). The van der Waals surface area contributed by atoms with Crippen molar-refractivity contribution in [1.82, 2.24) is 10.1 Å². The molecule has 0 N–H and O–H groups in total. The van der Waals surface area contributed by atoms with E-state index in [0.29, 0.717) is 17.8 Å². The Labute approximate surface area is 143 Å². The molecule has 1 heterocycles. The molecule has 1 aromatic heterocycles. The molecule has 24 heavy (non-hydrogen) atoms. The topological polar surface area (TPSA) is 48.2 Å². The summed E-state index contributed by atoms with van der Waals surface area (Å²) in [6.45, 7) is 0. The number of benzene rings is 1. The van der Waals surface area contributed by atoms with E-state index in [1.165, 1.54) is 64.2 Å². The zero-order chi connectivity index (χ0) is 16.2. The van der Waals surface area contributed by atoms with Crippen molar-refractivity contribution in [3.8, 4) is 17.1 Å². The molecule has 0 atom stereocenters. The lowest BCUT2D eigenvalue weighted by atomic mass is 9.89. The van der Waals surface area contributed by atoms with Gasteiger partial charge in [0.2, 0.25) is 11.7 Å². The lowest BCUT2D eigenvalue weighted by Gasteiger charge is -2.22. The van der Waals surface area contributed by atoms with Gasteiger partial charge in [-0.3, -0.25) is 0 Å². The molecule has 0 unspecified atom stereocenters. The Morgan fingerprint density at radius 3 is 2.21 bits per heavy atom. The van der Waals surface area contributed by atoms with Crippen molar-refractivity contribution in [2.24, 2.45) is 0 Å². The number of hydrogen-bond donors (Lipinski definition) is 0. The third kappa shape index (κ3) is 3.63. The van der Waals surface area contributed by atoms with Crippen molar-refractivity contribution in [2.75, 3.05) is 0 Å². The number of rotatable bonds is 4. The summed E-state index contributed by atoms with van der Waals surface area (Å²) < 4.78 is 11.6. The van der Waals surface area contributed by atoms with Gasteiger partial charge in [-0.15, -0.1) is 0 Å². The Kier molecular flexibility index (Phi) is 4.81. The molecule has 0 aliphatic heterocycles. The van der Waals surface area contributed by atoms with E-state index in [1.54, 1.807) is 0 Å². The Morgan fingerprint density at radius 2 is 1.50 bits per heavy atom. The highest BCUT2D eigenvalue weighted by Gasteiger charge is 2.22. The molecule has 0 amide bonds. The number of nitrogens with zero attached hydrogens (tertiary/aromatic N) is 2. The van der Waals surface area contributed by atoms with Crippen LogP contribution < -0.4 is 4.74 Å². The molecule has 2 aliphatic carbocycles. The third-order valence-electron chi connectivity index (χ3n) is 5.36. The zero-order valence-corrected chi connectivity index (χ0v) is 14.2. The van der Waals surface area contributed by atoms with Crippen molar-refractivity contribution in [3.63, 3.8) is 0 Å². The Bertz CT molecular complexity index is 638. The second-order valence-electron chi connectivity index (χ2n) is 7.19. The van der Waals surface area contributed by atoms with Crippen LogP contribution in [0.25, 0.3) is 11.4 Å². The smallest absolute Gasteiger partial charge is 0.230 e. The van der Waals surface area contributed by atoms with Gasteiger partial charge in [-0.25, -0.2) is 0 Å². The molecule has 2 aliphatic rings. The van der Waals surface area contributed by atoms with Crippen LogP contribution in [0.4, 0.5) is 0 Å². The van der Waals surface area contributed by atoms with E-state index in [4.69, 9.17) is 9.26 Å². The minimum atomic E-state index is 0.382. The Morgan fingerprint density at radius 1 is 0.833 bits per heavy atom. The molecule has 2 fully saturated rings. The van der Waals surface area contributed by atoms with Crippen LogP contribution >= 0.6 is 0 Å². The van der Waals surface area contributed by atoms with Gasteiger partial charge in [0.1, 0.15) is 5.75 Å². The first-order chi connectivity index (χ1) is 11.9. The van der Waals surface area contributed by atoms with Gasteiger partial charge in [0.25, 0.3) is 0 Å². The van der Waals surface area contributed by atoms with Crippen LogP contribution in [-0.2, 0) is 0 Å².